The number of hydrogen-bond donors (Lipinski definition) is 1. The van der Waals surface area contributed by atoms with Crippen molar-refractivity contribution in [1.82, 2.24) is 14.4 Å². The van der Waals surface area contributed by atoms with Crippen molar-refractivity contribution in [2.75, 3.05) is 0 Å². The average molecular weight is 329 g/mol. The molecule has 0 fully saturated rings. The van der Waals surface area contributed by atoms with Crippen LogP contribution in [0.1, 0.15) is 27.4 Å². The van der Waals surface area contributed by atoms with Crippen LogP contribution in [-0.2, 0) is 0 Å². The van der Waals surface area contributed by atoms with E-state index in [0.717, 1.165) is 17.0 Å². The van der Waals surface area contributed by atoms with Crippen LogP contribution in [0.2, 0.25) is 0 Å². The fourth-order valence-corrected chi connectivity index (χ4v) is 2.96. The number of rotatable bonds is 3. The van der Waals surface area contributed by atoms with Crippen LogP contribution in [0.3, 0.4) is 0 Å². The first-order valence-corrected chi connectivity index (χ1v) is 7.88. The molecule has 0 aliphatic heterocycles. The number of benzene rings is 1. The van der Waals surface area contributed by atoms with Crippen molar-refractivity contribution < 1.29 is 9.90 Å². The zero-order valence-corrected chi connectivity index (χ0v) is 13.5. The van der Waals surface area contributed by atoms with E-state index < -0.39 is 5.97 Å². The third-order valence-corrected chi connectivity index (χ3v) is 4.13. The molecule has 3 aromatic heterocycles. The van der Waals surface area contributed by atoms with Crippen LogP contribution >= 0.6 is 0 Å². The number of carboxylic acids is 1. The van der Waals surface area contributed by atoms with Gasteiger partial charge in [0.25, 0.3) is 0 Å². The molecule has 0 bridgehead atoms. The lowest BCUT2D eigenvalue weighted by atomic mass is 10.1. The number of aromatic nitrogens is 3. The van der Waals surface area contributed by atoms with E-state index in [-0.39, 0.29) is 5.56 Å². The van der Waals surface area contributed by atoms with Crippen LogP contribution in [0.25, 0.3) is 28.7 Å². The number of fused-ring (bicyclic) bond motifs is 2. The Labute approximate surface area is 143 Å². The van der Waals surface area contributed by atoms with Crippen molar-refractivity contribution in [2.24, 2.45) is 0 Å². The molecule has 25 heavy (non-hydrogen) atoms. The number of pyridine rings is 2. The minimum Gasteiger partial charge on any atom is -0.478 e. The van der Waals surface area contributed by atoms with Gasteiger partial charge in [-0.15, -0.1) is 0 Å². The van der Waals surface area contributed by atoms with E-state index >= 15 is 0 Å². The fourth-order valence-electron chi connectivity index (χ4n) is 2.96. The molecule has 3 heterocycles. The summed E-state index contributed by atoms with van der Waals surface area (Å²) in [4.78, 5) is 20.6. The van der Waals surface area contributed by atoms with Crippen molar-refractivity contribution >= 4 is 34.7 Å². The van der Waals surface area contributed by atoms with E-state index in [1.54, 1.807) is 12.1 Å². The van der Waals surface area contributed by atoms with Gasteiger partial charge in [-0.2, -0.15) is 0 Å². The van der Waals surface area contributed by atoms with Crippen molar-refractivity contribution in [2.45, 2.75) is 6.92 Å². The van der Waals surface area contributed by atoms with E-state index in [0.29, 0.717) is 16.6 Å². The summed E-state index contributed by atoms with van der Waals surface area (Å²) in [6, 6.07) is 14.7. The number of aryl methyl sites for hydroxylation is 1. The van der Waals surface area contributed by atoms with Crippen LogP contribution < -0.4 is 0 Å². The Morgan fingerprint density at radius 1 is 1.08 bits per heavy atom. The molecular weight excluding hydrogens is 314 g/mol. The molecule has 0 atom stereocenters. The third kappa shape index (κ3) is 2.65. The van der Waals surface area contributed by atoms with Gasteiger partial charge in [0, 0.05) is 11.6 Å². The molecule has 0 unspecified atom stereocenters. The van der Waals surface area contributed by atoms with Crippen LogP contribution in [-0.4, -0.2) is 25.4 Å². The monoisotopic (exact) mass is 329 g/mol. The second-order valence-corrected chi connectivity index (χ2v) is 5.76. The second kappa shape index (κ2) is 5.87. The van der Waals surface area contributed by atoms with Crippen molar-refractivity contribution in [1.29, 1.82) is 0 Å². The Morgan fingerprint density at radius 2 is 1.88 bits per heavy atom. The van der Waals surface area contributed by atoms with Crippen LogP contribution in [0.4, 0.5) is 0 Å². The van der Waals surface area contributed by atoms with Gasteiger partial charge in [0.2, 0.25) is 0 Å². The average Bonchev–Trinajstić information content (AvgIpc) is 2.94. The first-order chi connectivity index (χ1) is 12.1. The van der Waals surface area contributed by atoms with E-state index in [1.165, 1.54) is 0 Å². The fraction of sp³-hybridized carbons (Fsp3) is 0.0500. The predicted molar refractivity (Wildman–Crippen MR) is 97.6 cm³/mol. The van der Waals surface area contributed by atoms with Crippen molar-refractivity contribution in [3.8, 4) is 0 Å². The van der Waals surface area contributed by atoms with Gasteiger partial charge >= 0.3 is 5.97 Å². The second-order valence-electron chi connectivity index (χ2n) is 5.76. The molecule has 1 N–H and O–H groups in total. The van der Waals surface area contributed by atoms with Crippen molar-refractivity contribution in [3.05, 3.63) is 77.4 Å². The van der Waals surface area contributed by atoms with Crippen LogP contribution in [0, 0.1) is 6.92 Å². The Kier molecular flexibility index (Phi) is 3.54. The maximum Gasteiger partial charge on any atom is 0.336 e. The Bertz CT molecular complexity index is 1140. The molecule has 0 saturated heterocycles. The number of imidazole rings is 1. The molecule has 4 aromatic rings. The minimum atomic E-state index is -0.959. The number of carbonyl (C=O) groups is 1. The number of para-hydroxylation sites is 1. The summed E-state index contributed by atoms with van der Waals surface area (Å²) < 4.78 is 1.99. The van der Waals surface area contributed by atoms with E-state index in [2.05, 4.69) is 9.97 Å². The molecule has 122 valence electrons. The normalized spacial score (nSPS) is 11.6. The van der Waals surface area contributed by atoms with Crippen molar-refractivity contribution in [3.63, 3.8) is 0 Å². The topological polar surface area (TPSA) is 67.5 Å². The summed E-state index contributed by atoms with van der Waals surface area (Å²) in [5.41, 5.74) is 4.24. The van der Waals surface area contributed by atoms with E-state index in [4.69, 9.17) is 0 Å². The number of aromatic carboxylic acids is 1. The predicted octanol–water partition coefficient (Wildman–Crippen LogP) is 4.06. The molecule has 4 rings (SSSR count). The van der Waals surface area contributed by atoms with Gasteiger partial charge in [-0.1, -0.05) is 24.3 Å². The quantitative estimate of drug-likeness (QED) is 0.615. The largest absolute Gasteiger partial charge is 0.478 e. The summed E-state index contributed by atoms with van der Waals surface area (Å²) >= 11 is 0. The summed E-state index contributed by atoms with van der Waals surface area (Å²) in [5.74, 6) is -0.959. The molecular formula is C20H15N3O2. The Hall–Kier alpha value is -3.47. The van der Waals surface area contributed by atoms with Gasteiger partial charge in [0.05, 0.1) is 28.2 Å². The summed E-state index contributed by atoms with van der Waals surface area (Å²) in [6.07, 6.45) is 5.69. The van der Waals surface area contributed by atoms with Gasteiger partial charge in [-0.3, -0.25) is 0 Å². The number of nitrogens with zero attached hydrogens (tertiary/aromatic N) is 3. The van der Waals surface area contributed by atoms with Crippen LogP contribution in [0.15, 0.2) is 54.7 Å². The smallest absolute Gasteiger partial charge is 0.336 e. The standard InChI is InChI=1S/C20H15N3O2/c1-13-18(23-11-5-4-8-19(23)21-13)10-9-14-12-16(20(24)25)15-6-2-3-7-17(15)22-14/h2-12H,1H3,(H,24,25)/b10-9+. The van der Waals surface area contributed by atoms with Gasteiger partial charge < -0.3 is 9.51 Å². The molecule has 5 nitrogen and oxygen atoms in total. The summed E-state index contributed by atoms with van der Waals surface area (Å²) in [7, 11) is 0. The summed E-state index contributed by atoms with van der Waals surface area (Å²) in [6.45, 7) is 1.95. The first kappa shape index (κ1) is 15.1. The van der Waals surface area contributed by atoms with E-state index in [1.807, 2.05) is 66.1 Å². The SMILES string of the molecule is Cc1nc2ccccn2c1/C=C/c1cc(C(=O)O)c2ccccc2n1. The lowest BCUT2D eigenvalue weighted by Gasteiger charge is -2.04. The highest BCUT2D eigenvalue weighted by Crippen LogP contribution is 2.20. The molecule has 0 aliphatic carbocycles. The number of carboxylic acid groups (broad SMARTS) is 1. The Morgan fingerprint density at radius 3 is 2.72 bits per heavy atom. The summed E-state index contributed by atoms with van der Waals surface area (Å²) in [5, 5.41) is 10.1. The molecule has 0 amide bonds. The molecule has 0 spiro atoms. The molecule has 5 heteroatoms. The zero-order chi connectivity index (χ0) is 17.4. The number of hydrogen-bond acceptors (Lipinski definition) is 3. The maximum absolute atomic E-state index is 11.6. The van der Waals surface area contributed by atoms with Gasteiger partial charge in [0.15, 0.2) is 0 Å². The lowest BCUT2D eigenvalue weighted by Crippen LogP contribution is -2.00. The third-order valence-electron chi connectivity index (χ3n) is 4.13. The molecule has 0 radical (unpaired) electrons. The zero-order valence-electron chi connectivity index (χ0n) is 13.5. The van der Waals surface area contributed by atoms with Gasteiger partial charge in [-0.05, 0) is 43.3 Å². The van der Waals surface area contributed by atoms with Crippen LogP contribution in [0.5, 0.6) is 0 Å². The highest BCUT2D eigenvalue weighted by Gasteiger charge is 2.11. The Balaban J connectivity index is 1.83. The lowest BCUT2D eigenvalue weighted by molar-refractivity contribution is 0.0699. The van der Waals surface area contributed by atoms with Gasteiger partial charge in [0.1, 0.15) is 5.65 Å². The minimum absolute atomic E-state index is 0.250. The molecule has 1 aromatic carbocycles. The first-order valence-electron chi connectivity index (χ1n) is 7.88. The highest BCUT2D eigenvalue weighted by molar-refractivity contribution is 6.03. The molecule has 0 aliphatic rings. The maximum atomic E-state index is 11.6. The van der Waals surface area contributed by atoms with Gasteiger partial charge in [-0.25, -0.2) is 14.8 Å². The highest BCUT2D eigenvalue weighted by atomic mass is 16.4. The molecule has 0 saturated carbocycles. The van der Waals surface area contributed by atoms with E-state index in [9.17, 15) is 9.90 Å².